The summed E-state index contributed by atoms with van der Waals surface area (Å²) in [5, 5.41) is 0. The van der Waals surface area contributed by atoms with Crippen molar-refractivity contribution in [1.82, 2.24) is 19.5 Å². The SMILES string of the molecule is Cn1c(N2CCOC(c3ccc(Br)cc3)CC2)nc(-c2ccncn2)cc1=O. The Balaban J connectivity index is 1.60. The van der Waals surface area contributed by atoms with Gasteiger partial charge in [-0.1, -0.05) is 28.1 Å². The first-order valence-corrected chi connectivity index (χ1v) is 9.87. The number of anilines is 1. The summed E-state index contributed by atoms with van der Waals surface area (Å²) in [6.07, 6.45) is 3.94. The van der Waals surface area contributed by atoms with E-state index in [1.165, 1.54) is 12.4 Å². The molecule has 0 saturated carbocycles. The van der Waals surface area contributed by atoms with E-state index in [2.05, 4.69) is 42.9 Å². The van der Waals surface area contributed by atoms with Crippen molar-refractivity contribution < 1.29 is 4.74 Å². The summed E-state index contributed by atoms with van der Waals surface area (Å²) in [6.45, 7) is 1.98. The zero-order chi connectivity index (χ0) is 19.5. The lowest BCUT2D eigenvalue weighted by Gasteiger charge is -2.23. The second kappa shape index (κ2) is 8.20. The minimum Gasteiger partial charge on any atom is -0.372 e. The Bertz CT molecular complexity index is 1010. The Labute approximate surface area is 171 Å². The molecule has 0 amide bonds. The van der Waals surface area contributed by atoms with Gasteiger partial charge in [-0.05, 0) is 30.2 Å². The summed E-state index contributed by atoms with van der Waals surface area (Å²) >= 11 is 3.47. The molecule has 144 valence electrons. The predicted molar refractivity (Wildman–Crippen MR) is 110 cm³/mol. The predicted octanol–water partition coefficient (Wildman–Crippen LogP) is 2.97. The molecular formula is C20H20BrN5O2. The van der Waals surface area contributed by atoms with Crippen LogP contribution in [-0.2, 0) is 11.8 Å². The van der Waals surface area contributed by atoms with Gasteiger partial charge < -0.3 is 9.64 Å². The third-order valence-corrected chi connectivity index (χ3v) is 5.35. The van der Waals surface area contributed by atoms with E-state index in [0.717, 1.165) is 23.0 Å². The average molecular weight is 442 g/mol. The number of halogens is 1. The van der Waals surface area contributed by atoms with Crippen LogP contribution in [0, 0.1) is 0 Å². The Morgan fingerprint density at radius 2 is 1.96 bits per heavy atom. The fourth-order valence-electron chi connectivity index (χ4n) is 3.30. The molecule has 2 aromatic heterocycles. The van der Waals surface area contributed by atoms with E-state index in [9.17, 15) is 4.79 Å². The van der Waals surface area contributed by atoms with Crippen LogP contribution < -0.4 is 10.5 Å². The molecule has 1 aromatic carbocycles. The maximum absolute atomic E-state index is 12.5. The Hall–Kier alpha value is -2.58. The highest BCUT2D eigenvalue weighted by molar-refractivity contribution is 9.10. The third kappa shape index (κ3) is 3.98. The van der Waals surface area contributed by atoms with E-state index in [-0.39, 0.29) is 11.7 Å². The molecular weight excluding hydrogens is 422 g/mol. The van der Waals surface area contributed by atoms with Gasteiger partial charge in [0, 0.05) is 36.9 Å². The van der Waals surface area contributed by atoms with Gasteiger partial charge in [-0.25, -0.2) is 15.0 Å². The van der Waals surface area contributed by atoms with E-state index < -0.39 is 0 Å². The van der Waals surface area contributed by atoms with Gasteiger partial charge in [0.1, 0.15) is 6.33 Å². The quantitative estimate of drug-likeness (QED) is 0.621. The van der Waals surface area contributed by atoms with Crippen LogP contribution in [0.4, 0.5) is 5.95 Å². The number of hydrogen-bond donors (Lipinski definition) is 0. The molecule has 1 unspecified atom stereocenters. The van der Waals surface area contributed by atoms with E-state index in [1.807, 2.05) is 12.1 Å². The first-order chi connectivity index (χ1) is 13.6. The van der Waals surface area contributed by atoms with Crippen molar-refractivity contribution in [1.29, 1.82) is 0 Å². The first-order valence-electron chi connectivity index (χ1n) is 9.08. The smallest absolute Gasteiger partial charge is 0.255 e. The maximum atomic E-state index is 12.5. The van der Waals surface area contributed by atoms with Crippen LogP contribution in [0.2, 0.25) is 0 Å². The van der Waals surface area contributed by atoms with Gasteiger partial charge in [0.25, 0.3) is 5.56 Å². The molecule has 1 atom stereocenters. The molecule has 28 heavy (non-hydrogen) atoms. The molecule has 4 rings (SSSR count). The molecule has 0 bridgehead atoms. The molecule has 0 N–H and O–H groups in total. The normalized spacial score (nSPS) is 17.4. The Morgan fingerprint density at radius 3 is 2.71 bits per heavy atom. The molecule has 1 aliphatic rings. The van der Waals surface area contributed by atoms with E-state index >= 15 is 0 Å². The van der Waals surface area contributed by atoms with Crippen LogP contribution >= 0.6 is 15.9 Å². The summed E-state index contributed by atoms with van der Waals surface area (Å²) < 4.78 is 8.70. The van der Waals surface area contributed by atoms with Gasteiger partial charge in [-0.2, -0.15) is 0 Å². The zero-order valence-corrected chi connectivity index (χ0v) is 17.0. The highest BCUT2D eigenvalue weighted by Crippen LogP contribution is 2.27. The fraction of sp³-hybridized carbons (Fsp3) is 0.300. The van der Waals surface area contributed by atoms with Crippen LogP contribution in [0.3, 0.4) is 0 Å². The largest absolute Gasteiger partial charge is 0.372 e. The van der Waals surface area contributed by atoms with Gasteiger partial charge in [0.05, 0.1) is 24.1 Å². The number of aromatic nitrogens is 4. The van der Waals surface area contributed by atoms with Crippen LogP contribution in [0.1, 0.15) is 18.1 Å². The van der Waals surface area contributed by atoms with E-state index in [0.29, 0.717) is 30.5 Å². The first kappa shape index (κ1) is 18.8. The van der Waals surface area contributed by atoms with Gasteiger partial charge in [-0.3, -0.25) is 9.36 Å². The minimum absolute atomic E-state index is 0.0279. The number of benzene rings is 1. The van der Waals surface area contributed by atoms with Crippen molar-refractivity contribution in [2.24, 2.45) is 7.05 Å². The summed E-state index contributed by atoms with van der Waals surface area (Å²) in [5.41, 5.74) is 2.22. The second-order valence-electron chi connectivity index (χ2n) is 6.62. The summed E-state index contributed by atoms with van der Waals surface area (Å²) in [6, 6.07) is 11.5. The van der Waals surface area contributed by atoms with Gasteiger partial charge in [-0.15, -0.1) is 0 Å². The number of ether oxygens (including phenoxy) is 1. The van der Waals surface area contributed by atoms with E-state index in [1.54, 1.807) is 23.9 Å². The minimum atomic E-state index is -0.117. The van der Waals surface area contributed by atoms with E-state index in [4.69, 9.17) is 9.72 Å². The third-order valence-electron chi connectivity index (χ3n) is 4.82. The second-order valence-corrected chi connectivity index (χ2v) is 7.54. The molecule has 1 aliphatic heterocycles. The lowest BCUT2D eigenvalue weighted by atomic mass is 10.1. The van der Waals surface area contributed by atoms with Crippen molar-refractivity contribution in [3.63, 3.8) is 0 Å². The van der Waals surface area contributed by atoms with Crippen LogP contribution in [0.15, 0.2) is 58.2 Å². The monoisotopic (exact) mass is 441 g/mol. The summed E-state index contributed by atoms with van der Waals surface area (Å²) in [5.74, 6) is 0.626. The Kier molecular flexibility index (Phi) is 5.50. The van der Waals surface area contributed by atoms with Crippen LogP contribution in [-0.4, -0.2) is 39.2 Å². The van der Waals surface area contributed by atoms with Crippen molar-refractivity contribution in [3.8, 4) is 11.4 Å². The molecule has 0 aliphatic carbocycles. The summed E-state index contributed by atoms with van der Waals surface area (Å²) in [7, 11) is 1.74. The molecule has 1 fully saturated rings. The zero-order valence-electron chi connectivity index (χ0n) is 15.5. The van der Waals surface area contributed by atoms with Crippen LogP contribution in [0.5, 0.6) is 0 Å². The van der Waals surface area contributed by atoms with Gasteiger partial charge in [0.15, 0.2) is 0 Å². The van der Waals surface area contributed by atoms with Crippen molar-refractivity contribution >= 4 is 21.9 Å². The average Bonchev–Trinajstić information content (AvgIpc) is 2.97. The standard InChI is InChI=1S/C20H20BrN5O2/c1-25-19(27)12-17(16-6-8-22-13-23-16)24-20(25)26-9-7-18(28-11-10-26)14-2-4-15(21)5-3-14/h2-6,8,12-13,18H,7,9-11H2,1H3. The number of nitrogens with zero attached hydrogens (tertiary/aromatic N) is 5. The van der Waals surface area contributed by atoms with Gasteiger partial charge in [0.2, 0.25) is 5.95 Å². The molecule has 3 aromatic rings. The molecule has 0 radical (unpaired) electrons. The lowest BCUT2D eigenvalue weighted by molar-refractivity contribution is 0.0647. The highest BCUT2D eigenvalue weighted by atomic mass is 79.9. The molecule has 1 saturated heterocycles. The van der Waals surface area contributed by atoms with Crippen molar-refractivity contribution in [3.05, 3.63) is 69.3 Å². The topological polar surface area (TPSA) is 73.1 Å². The molecule has 0 spiro atoms. The van der Waals surface area contributed by atoms with Crippen LogP contribution in [0.25, 0.3) is 11.4 Å². The fourth-order valence-corrected chi connectivity index (χ4v) is 3.56. The van der Waals surface area contributed by atoms with Crippen molar-refractivity contribution in [2.45, 2.75) is 12.5 Å². The van der Waals surface area contributed by atoms with Crippen molar-refractivity contribution in [2.75, 3.05) is 24.6 Å². The maximum Gasteiger partial charge on any atom is 0.255 e. The molecule has 7 nitrogen and oxygen atoms in total. The molecule has 3 heterocycles. The molecule has 8 heteroatoms. The number of hydrogen-bond acceptors (Lipinski definition) is 6. The van der Waals surface area contributed by atoms with Gasteiger partial charge >= 0.3 is 0 Å². The summed E-state index contributed by atoms with van der Waals surface area (Å²) in [4.78, 5) is 27.5. The Morgan fingerprint density at radius 1 is 1.14 bits per heavy atom. The number of rotatable bonds is 3. The lowest BCUT2D eigenvalue weighted by Crippen LogP contribution is -2.33. The highest BCUT2D eigenvalue weighted by Gasteiger charge is 2.22.